The lowest BCUT2D eigenvalue weighted by atomic mass is 10.2. The highest BCUT2D eigenvalue weighted by atomic mass is 16.5. The summed E-state index contributed by atoms with van der Waals surface area (Å²) in [4.78, 5) is 20.4. The number of fused-ring (bicyclic) bond motifs is 1. The summed E-state index contributed by atoms with van der Waals surface area (Å²) in [7, 11) is 1.59. The number of hydrogen-bond donors (Lipinski definition) is 1. The molecule has 0 saturated heterocycles. The Hall–Kier alpha value is -3.16. The predicted molar refractivity (Wildman–Crippen MR) is 91.2 cm³/mol. The number of rotatable bonds is 6. The molecule has 3 rings (SSSR count). The maximum Gasteiger partial charge on any atom is 0.376 e. The van der Waals surface area contributed by atoms with Gasteiger partial charge in [0.15, 0.2) is 0 Å². The first-order valence-electron chi connectivity index (χ1n) is 7.90. The van der Waals surface area contributed by atoms with Crippen molar-refractivity contribution in [2.24, 2.45) is 0 Å². The fourth-order valence-corrected chi connectivity index (χ4v) is 2.37. The van der Waals surface area contributed by atoms with Crippen LogP contribution in [-0.2, 0) is 11.2 Å². The third-order valence-electron chi connectivity index (χ3n) is 3.53. The number of anilines is 2. The topological polar surface area (TPSA) is 99.4 Å². The Kier molecular flexibility index (Phi) is 4.78. The van der Waals surface area contributed by atoms with E-state index in [2.05, 4.69) is 20.4 Å². The summed E-state index contributed by atoms with van der Waals surface area (Å²) >= 11 is 0. The van der Waals surface area contributed by atoms with Crippen LogP contribution in [0.4, 0.5) is 11.5 Å². The Labute approximate surface area is 144 Å². The zero-order chi connectivity index (χ0) is 17.8. The Morgan fingerprint density at radius 1 is 1.28 bits per heavy atom. The first kappa shape index (κ1) is 16.7. The fourth-order valence-electron chi connectivity index (χ4n) is 2.37. The third-order valence-corrected chi connectivity index (χ3v) is 3.53. The third kappa shape index (κ3) is 3.37. The van der Waals surface area contributed by atoms with Gasteiger partial charge in [-0.15, -0.1) is 0 Å². The molecule has 0 bridgehead atoms. The van der Waals surface area contributed by atoms with Crippen molar-refractivity contribution in [3.05, 3.63) is 35.8 Å². The van der Waals surface area contributed by atoms with Crippen molar-refractivity contribution in [3.63, 3.8) is 0 Å². The molecule has 8 nitrogen and oxygen atoms in total. The van der Waals surface area contributed by atoms with E-state index < -0.39 is 5.97 Å². The van der Waals surface area contributed by atoms with Crippen LogP contribution in [0.1, 0.15) is 30.2 Å². The maximum absolute atomic E-state index is 12.0. The second-order valence-corrected chi connectivity index (χ2v) is 5.14. The first-order valence-corrected chi connectivity index (χ1v) is 7.90. The summed E-state index contributed by atoms with van der Waals surface area (Å²) in [6, 6.07) is 7.36. The number of benzene rings is 1. The van der Waals surface area contributed by atoms with Crippen LogP contribution in [0.25, 0.3) is 11.1 Å². The summed E-state index contributed by atoms with van der Waals surface area (Å²) in [5.41, 5.74) is 1.69. The van der Waals surface area contributed by atoms with Crippen LogP contribution >= 0.6 is 0 Å². The van der Waals surface area contributed by atoms with E-state index in [-0.39, 0.29) is 18.1 Å². The predicted octanol–water partition coefficient (Wildman–Crippen LogP) is 3.11. The first-order chi connectivity index (χ1) is 12.2. The minimum atomic E-state index is -0.618. The minimum Gasteiger partial charge on any atom is -0.497 e. The molecule has 8 heteroatoms. The molecule has 0 amide bonds. The highest BCUT2D eigenvalue weighted by Crippen LogP contribution is 2.28. The number of carbonyl (C=O) groups is 1. The van der Waals surface area contributed by atoms with Crippen LogP contribution in [0.2, 0.25) is 0 Å². The van der Waals surface area contributed by atoms with E-state index in [1.807, 2.05) is 31.2 Å². The van der Waals surface area contributed by atoms with Gasteiger partial charge in [0.1, 0.15) is 17.0 Å². The molecule has 3 aromatic rings. The molecule has 0 saturated carbocycles. The summed E-state index contributed by atoms with van der Waals surface area (Å²) in [6.45, 7) is 3.90. The van der Waals surface area contributed by atoms with Crippen molar-refractivity contribution in [1.82, 2.24) is 15.1 Å². The molecular weight excluding hydrogens is 324 g/mol. The molecule has 0 atom stereocenters. The second-order valence-electron chi connectivity index (χ2n) is 5.14. The molecule has 0 aliphatic heterocycles. The van der Waals surface area contributed by atoms with E-state index in [0.29, 0.717) is 29.1 Å². The Balaban J connectivity index is 2.09. The summed E-state index contributed by atoms with van der Waals surface area (Å²) in [5, 5.41) is 7.82. The molecule has 0 radical (unpaired) electrons. The zero-order valence-electron chi connectivity index (χ0n) is 14.2. The molecular formula is C17H18N4O4. The Morgan fingerprint density at radius 3 is 2.84 bits per heavy atom. The normalized spacial score (nSPS) is 10.7. The number of ether oxygens (including phenoxy) is 2. The van der Waals surface area contributed by atoms with Crippen molar-refractivity contribution < 1.29 is 18.8 Å². The van der Waals surface area contributed by atoms with Gasteiger partial charge in [0.2, 0.25) is 5.82 Å². The van der Waals surface area contributed by atoms with E-state index in [0.717, 1.165) is 5.69 Å². The number of methoxy groups -OCH3 is 1. The van der Waals surface area contributed by atoms with E-state index in [4.69, 9.17) is 14.0 Å². The lowest BCUT2D eigenvalue weighted by Crippen LogP contribution is -2.11. The van der Waals surface area contributed by atoms with Crippen LogP contribution < -0.4 is 10.1 Å². The van der Waals surface area contributed by atoms with Gasteiger partial charge in [0.05, 0.1) is 19.4 Å². The van der Waals surface area contributed by atoms with Crippen molar-refractivity contribution in [2.75, 3.05) is 19.0 Å². The molecule has 2 heterocycles. The van der Waals surface area contributed by atoms with Gasteiger partial charge in [-0.25, -0.2) is 9.78 Å². The number of carbonyl (C=O) groups excluding carboxylic acids is 1. The van der Waals surface area contributed by atoms with Gasteiger partial charge in [-0.3, -0.25) is 0 Å². The van der Waals surface area contributed by atoms with Gasteiger partial charge in [0.25, 0.3) is 5.71 Å². The number of esters is 1. The molecule has 2 aromatic heterocycles. The lowest BCUT2D eigenvalue weighted by Gasteiger charge is -2.09. The highest BCUT2D eigenvalue weighted by molar-refractivity contribution is 5.94. The molecule has 1 aromatic carbocycles. The van der Waals surface area contributed by atoms with E-state index in [1.165, 1.54) is 0 Å². The molecule has 25 heavy (non-hydrogen) atoms. The van der Waals surface area contributed by atoms with Crippen LogP contribution in [-0.4, -0.2) is 34.8 Å². The van der Waals surface area contributed by atoms with Gasteiger partial charge < -0.3 is 19.3 Å². The molecule has 0 aliphatic carbocycles. The van der Waals surface area contributed by atoms with Crippen molar-refractivity contribution in [1.29, 1.82) is 0 Å². The molecule has 0 unspecified atom stereocenters. The van der Waals surface area contributed by atoms with Crippen molar-refractivity contribution >= 4 is 28.6 Å². The Morgan fingerprint density at radius 2 is 2.12 bits per heavy atom. The van der Waals surface area contributed by atoms with E-state index >= 15 is 0 Å². The van der Waals surface area contributed by atoms with Gasteiger partial charge in [-0.05, 0) is 25.5 Å². The molecule has 130 valence electrons. The summed E-state index contributed by atoms with van der Waals surface area (Å²) in [5.74, 6) is 0.424. The van der Waals surface area contributed by atoms with E-state index in [1.54, 1.807) is 14.0 Å². The molecule has 1 N–H and O–H groups in total. The molecule has 0 fully saturated rings. The summed E-state index contributed by atoms with van der Waals surface area (Å²) in [6.07, 6.45) is 0.641. The largest absolute Gasteiger partial charge is 0.497 e. The average molecular weight is 342 g/mol. The Bertz CT molecular complexity index is 907. The minimum absolute atomic E-state index is 0.0847. The van der Waals surface area contributed by atoms with Crippen molar-refractivity contribution in [3.8, 4) is 5.75 Å². The number of nitrogens with one attached hydrogen (secondary N) is 1. The average Bonchev–Trinajstić information content (AvgIpc) is 3.05. The van der Waals surface area contributed by atoms with Crippen LogP contribution in [0.3, 0.4) is 0 Å². The number of nitrogens with zero attached hydrogens (tertiary/aromatic N) is 3. The van der Waals surface area contributed by atoms with Gasteiger partial charge in [0, 0.05) is 11.8 Å². The van der Waals surface area contributed by atoms with Crippen LogP contribution in [0.5, 0.6) is 5.75 Å². The highest BCUT2D eigenvalue weighted by Gasteiger charge is 2.20. The van der Waals surface area contributed by atoms with Crippen molar-refractivity contribution in [2.45, 2.75) is 20.3 Å². The van der Waals surface area contributed by atoms with Gasteiger partial charge in [-0.2, -0.15) is 4.98 Å². The smallest absolute Gasteiger partial charge is 0.376 e. The SMILES string of the molecule is CCOC(=O)c1nc(Nc2cccc(OC)c2)c2c(CC)noc2n1. The number of aryl methyl sites for hydroxylation is 1. The van der Waals surface area contributed by atoms with Gasteiger partial charge in [-0.1, -0.05) is 18.1 Å². The summed E-state index contributed by atoms with van der Waals surface area (Å²) < 4.78 is 15.5. The molecule has 0 spiro atoms. The second kappa shape index (κ2) is 7.16. The quantitative estimate of drug-likeness (QED) is 0.682. The fraction of sp³-hybridized carbons (Fsp3) is 0.294. The zero-order valence-corrected chi connectivity index (χ0v) is 14.2. The van der Waals surface area contributed by atoms with Crippen LogP contribution in [0.15, 0.2) is 28.8 Å². The standard InChI is InChI=1S/C17H18N4O4/c1-4-12-13-14(18-10-7-6-8-11(9-10)23-3)19-15(17(22)24-5-2)20-16(13)25-21-12/h6-9H,4-5H2,1-3H3,(H,18,19,20). The monoisotopic (exact) mass is 342 g/mol. The van der Waals surface area contributed by atoms with Gasteiger partial charge >= 0.3 is 5.97 Å². The number of hydrogen-bond acceptors (Lipinski definition) is 8. The van der Waals surface area contributed by atoms with Crippen LogP contribution in [0, 0.1) is 0 Å². The molecule has 0 aliphatic rings. The number of aromatic nitrogens is 3. The lowest BCUT2D eigenvalue weighted by molar-refractivity contribution is 0.0512. The maximum atomic E-state index is 12.0. The van der Waals surface area contributed by atoms with E-state index in [9.17, 15) is 4.79 Å².